The summed E-state index contributed by atoms with van der Waals surface area (Å²) in [6.45, 7) is 9.18. The minimum Gasteiger partial charge on any atom is -0.478 e. The molecule has 4 heteroatoms. The maximum atomic E-state index is 12.6. The smallest absolute Gasteiger partial charge is 0.339 e. The van der Waals surface area contributed by atoms with Gasteiger partial charge in [-0.05, 0) is 42.7 Å². The van der Waals surface area contributed by atoms with Gasteiger partial charge in [-0.3, -0.25) is 0 Å². The van der Waals surface area contributed by atoms with Gasteiger partial charge >= 0.3 is 11.9 Å². The topological polar surface area (TPSA) is 63.6 Å². The molecule has 0 heterocycles. The Morgan fingerprint density at radius 3 is 2.07 bits per heavy atom. The number of ether oxygens (including phenoxy) is 1. The second kappa shape index (κ2) is 13.4. The summed E-state index contributed by atoms with van der Waals surface area (Å²) in [5, 5.41) is 9.50. The monoisotopic (exact) mass is 390 g/mol. The lowest BCUT2D eigenvalue weighted by Gasteiger charge is -2.13. The van der Waals surface area contributed by atoms with E-state index in [0.717, 1.165) is 44.1 Å². The van der Waals surface area contributed by atoms with Gasteiger partial charge in [0.1, 0.15) is 0 Å². The van der Waals surface area contributed by atoms with E-state index in [4.69, 9.17) is 4.74 Å². The Bertz CT molecular complexity index is 605. The first-order chi connectivity index (χ1) is 13.3. The van der Waals surface area contributed by atoms with Gasteiger partial charge in [-0.1, -0.05) is 78.4 Å². The third-order valence-electron chi connectivity index (χ3n) is 4.97. The van der Waals surface area contributed by atoms with Crippen molar-refractivity contribution in [3.05, 3.63) is 34.9 Å². The molecule has 0 unspecified atom stereocenters. The van der Waals surface area contributed by atoms with Crippen LogP contribution in [0, 0.1) is 11.8 Å². The van der Waals surface area contributed by atoms with E-state index in [2.05, 4.69) is 27.7 Å². The van der Waals surface area contributed by atoms with Crippen molar-refractivity contribution < 1.29 is 19.4 Å². The fourth-order valence-electron chi connectivity index (χ4n) is 3.34. The molecule has 158 valence electrons. The van der Waals surface area contributed by atoms with Crippen LogP contribution in [0.4, 0.5) is 0 Å². The van der Waals surface area contributed by atoms with Crippen LogP contribution in [0.1, 0.15) is 105 Å². The minimum atomic E-state index is -1.08. The molecular formula is C24H38O4. The van der Waals surface area contributed by atoms with Gasteiger partial charge < -0.3 is 9.84 Å². The molecule has 1 aromatic carbocycles. The van der Waals surface area contributed by atoms with Crippen molar-refractivity contribution in [2.75, 3.05) is 6.61 Å². The second-order valence-corrected chi connectivity index (χ2v) is 8.52. The Morgan fingerprint density at radius 2 is 1.50 bits per heavy atom. The lowest BCUT2D eigenvalue weighted by Crippen LogP contribution is -2.15. The van der Waals surface area contributed by atoms with Crippen molar-refractivity contribution in [2.24, 2.45) is 11.8 Å². The van der Waals surface area contributed by atoms with E-state index in [1.165, 1.54) is 18.9 Å². The summed E-state index contributed by atoms with van der Waals surface area (Å²) < 4.78 is 5.42. The van der Waals surface area contributed by atoms with Gasteiger partial charge in [0, 0.05) is 0 Å². The molecule has 0 radical (unpaired) electrons. The number of carbonyl (C=O) groups is 2. The van der Waals surface area contributed by atoms with Crippen LogP contribution in [-0.2, 0) is 11.2 Å². The largest absolute Gasteiger partial charge is 0.478 e. The number of aryl methyl sites for hydroxylation is 1. The number of carbonyl (C=O) groups excluding carboxylic acids is 1. The van der Waals surface area contributed by atoms with E-state index in [1.54, 1.807) is 6.07 Å². The second-order valence-electron chi connectivity index (χ2n) is 8.52. The molecule has 28 heavy (non-hydrogen) atoms. The van der Waals surface area contributed by atoms with Crippen molar-refractivity contribution in [3.63, 3.8) is 0 Å². The molecule has 0 spiro atoms. The Morgan fingerprint density at radius 1 is 0.893 bits per heavy atom. The molecule has 0 atom stereocenters. The zero-order chi connectivity index (χ0) is 20.9. The average Bonchev–Trinajstić information content (AvgIpc) is 2.63. The molecule has 0 saturated heterocycles. The van der Waals surface area contributed by atoms with Crippen LogP contribution in [0.2, 0.25) is 0 Å². The highest BCUT2D eigenvalue weighted by Crippen LogP contribution is 2.20. The zero-order valence-corrected chi connectivity index (χ0v) is 18.1. The molecule has 0 bridgehead atoms. The van der Waals surface area contributed by atoms with Crippen molar-refractivity contribution in [2.45, 2.75) is 85.5 Å². The SMILES string of the molecule is CC(C)CCCCCOC(=O)c1c(CCCCCC(C)C)cccc1C(=O)O. The van der Waals surface area contributed by atoms with Gasteiger partial charge in [-0.2, -0.15) is 0 Å². The molecule has 4 nitrogen and oxygen atoms in total. The molecule has 0 aromatic heterocycles. The van der Waals surface area contributed by atoms with E-state index in [9.17, 15) is 14.7 Å². The third-order valence-corrected chi connectivity index (χ3v) is 4.97. The van der Waals surface area contributed by atoms with Crippen LogP contribution < -0.4 is 0 Å². The van der Waals surface area contributed by atoms with Gasteiger partial charge in [-0.15, -0.1) is 0 Å². The molecule has 1 aromatic rings. The normalized spacial score (nSPS) is 11.2. The van der Waals surface area contributed by atoms with Crippen LogP contribution in [0.5, 0.6) is 0 Å². The fourth-order valence-corrected chi connectivity index (χ4v) is 3.34. The highest BCUT2D eigenvalue weighted by Gasteiger charge is 2.21. The molecule has 0 aliphatic carbocycles. The van der Waals surface area contributed by atoms with E-state index in [1.807, 2.05) is 6.07 Å². The average molecular weight is 391 g/mol. The maximum absolute atomic E-state index is 12.6. The molecule has 1 rings (SSSR count). The zero-order valence-electron chi connectivity index (χ0n) is 18.1. The van der Waals surface area contributed by atoms with Crippen molar-refractivity contribution in [1.29, 1.82) is 0 Å². The summed E-state index contributed by atoms with van der Waals surface area (Å²) >= 11 is 0. The molecule has 0 saturated carbocycles. The van der Waals surface area contributed by atoms with E-state index >= 15 is 0 Å². The summed E-state index contributed by atoms with van der Waals surface area (Å²) in [5.74, 6) is -0.195. The Balaban J connectivity index is 2.65. The Kier molecular flexibility index (Phi) is 11.5. The van der Waals surface area contributed by atoms with Crippen molar-refractivity contribution in [1.82, 2.24) is 0 Å². The first-order valence-electron chi connectivity index (χ1n) is 10.8. The van der Waals surface area contributed by atoms with Crippen LogP contribution >= 0.6 is 0 Å². The number of esters is 1. The van der Waals surface area contributed by atoms with Crippen LogP contribution in [0.15, 0.2) is 18.2 Å². The van der Waals surface area contributed by atoms with Gasteiger partial charge in [-0.25, -0.2) is 9.59 Å². The highest BCUT2D eigenvalue weighted by molar-refractivity contribution is 6.03. The number of benzene rings is 1. The first kappa shape index (κ1) is 24.2. The van der Waals surface area contributed by atoms with Crippen LogP contribution in [-0.4, -0.2) is 23.7 Å². The van der Waals surface area contributed by atoms with Gasteiger partial charge in [0.15, 0.2) is 0 Å². The van der Waals surface area contributed by atoms with E-state index in [-0.39, 0.29) is 11.1 Å². The summed E-state index contributed by atoms with van der Waals surface area (Å²) in [6.07, 6.45) is 9.24. The number of hydrogen-bond acceptors (Lipinski definition) is 3. The van der Waals surface area contributed by atoms with Gasteiger partial charge in [0.25, 0.3) is 0 Å². The molecule has 0 aliphatic rings. The predicted octanol–water partition coefficient (Wildman–Crippen LogP) is 6.52. The number of aromatic carboxylic acids is 1. The fraction of sp³-hybridized carbons (Fsp3) is 0.667. The lowest BCUT2D eigenvalue weighted by atomic mass is 9.96. The van der Waals surface area contributed by atoms with Gasteiger partial charge in [0.2, 0.25) is 0 Å². The van der Waals surface area contributed by atoms with E-state index < -0.39 is 11.9 Å². The van der Waals surface area contributed by atoms with Crippen molar-refractivity contribution in [3.8, 4) is 0 Å². The Labute approximate surface area is 170 Å². The lowest BCUT2D eigenvalue weighted by molar-refractivity contribution is 0.0485. The van der Waals surface area contributed by atoms with Gasteiger partial charge in [0.05, 0.1) is 17.7 Å². The van der Waals surface area contributed by atoms with E-state index in [0.29, 0.717) is 24.9 Å². The summed E-state index contributed by atoms with van der Waals surface area (Å²) in [6, 6.07) is 5.06. The molecular weight excluding hydrogens is 352 g/mol. The van der Waals surface area contributed by atoms with Crippen molar-refractivity contribution >= 4 is 11.9 Å². The number of rotatable bonds is 14. The van der Waals surface area contributed by atoms with Crippen LogP contribution in [0.25, 0.3) is 0 Å². The number of carboxylic acids is 1. The van der Waals surface area contributed by atoms with Crippen LogP contribution in [0.3, 0.4) is 0 Å². The highest BCUT2D eigenvalue weighted by atomic mass is 16.5. The predicted molar refractivity (Wildman–Crippen MR) is 114 cm³/mol. The summed E-state index contributed by atoms with van der Waals surface area (Å²) in [5.41, 5.74) is 1.07. The minimum absolute atomic E-state index is 0.0458. The standard InChI is InChI=1S/C24H38O4/c1-18(2)12-7-5-9-14-20-15-11-16-21(23(25)26)22(20)24(27)28-17-10-6-8-13-19(3)4/h11,15-16,18-19H,5-10,12-14,17H2,1-4H3,(H,25,26). The summed E-state index contributed by atoms with van der Waals surface area (Å²) in [4.78, 5) is 24.2. The quantitative estimate of drug-likeness (QED) is 0.290. The molecule has 1 N–H and O–H groups in total. The Hall–Kier alpha value is -1.84. The molecule has 0 aliphatic heterocycles. The third kappa shape index (κ3) is 9.38. The number of unbranched alkanes of at least 4 members (excludes halogenated alkanes) is 4. The first-order valence-corrected chi connectivity index (χ1v) is 10.8. The molecule has 0 amide bonds. The molecule has 0 fully saturated rings. The number of carboxylic acid groups (broad SMARTS) is 1. The number of hydrogen-bond donors (Lipinski definition) is 1. The maximum Gasteiger partial charge on any atom is 0.339 e. The summed E-state index contributed by atoms with van der Waals surface area (Å²) in [7, 11) is 0.